The molecule has 1 aliphatic heterocycles. The Morgan fingerprint density at radius 2 is 1.80 bits per heavy atom. The molecule has 0 bridgehead atoms. The van der Waals surface area contributed by atoms with Gasteiger partial charge in [-0.15, -0.1) is 0 Å². The third-order valence-corrected chi connectivity index (χ3v) is 7.88. The number of nitrogens with one attached hydrogen (secondary N) is 1. The highest BCUT2D eigenvalue weighted by Gasteiger charge is 2.32. The second-order valence-corrected chi connectivity index (χ2v) is 11.8. The molecular formula is C29H40N4O5S2. The van der Waals surface area contributed by atoms with Gasteiger partial charge in [0.25, 0.3) is 11.5 Å². The summed E-state index contributed by atoms with van der Waals surface area (Å²) in [6, 6.07) is 5.38. The van der Waals surface area contributed by atoms with Crippen LogP contribution in [0, 0.1) is 0 Å². The Morgan fingerprint density at radius 1 is 1.10 bits per heavy atom. The molecule has 3 rings (SSSR count). The Balaban J connectivity index is 1.58. The molecular weight excluding hydrogens is 548 g/mol. The van der Waals surface area contributed by atoms with E-state index in [2.05, 4.69) is 10.3 Å². The number of carboxylic acids is 1. The molecule has 9 nitrogen and oxygen atoms in total. The summed E-state index contributed by atoms with van der Waals surface area (Å²) in [5.41, 5.74) is 0.607. The maximum atomic E-state index is 13.4. The van der Waals surface area contributed by atoms with Crippen molar-refractivity contribution in [1.29, 1.82) is 0 Å². The van der Waals surface area contributed by atoms with Gasteiger partial charge in [0.1, 0.15) is 15.8 Å². The number of hydrogen-bond donors (Lipinski definition) is 2. The van der Waals surface area contributed by atoms with Crippen LogP contribution in [-0.2, 0) is 14.3 Å². The number of aliphatic carboxylic acids is 1. The molecule has 2 aromatic heterocycles. The molecule has 218 valence electrons. The zero-order valence-electron chi connectivity index (χ0n) is 23.4. The second-order valence-electron chi connectivity index (χ2n) is 10.1. The van der Waals surface area contributed by atoms with Gasteiger partial charge in [0, 0.05) is 32.3 Å². The number of nitrogens with zero attached hydrogens (tertiary/aromatic N) is 3. The van der Waals surface area contributed by atoms with Crippen LogP contribution in [0.25, 0.3) is 11.7 Å². The van der Waals surface area contributed by atoms with E-state index < -0.39 is 5.97 Å². The molecule has 11 heteroatoms. The van der Waals surface area contributed by atoms with Gasteiger partial charge in [-0.25, -0.2) is 4.98 Å². The number of unbranched alkanes of at least 4 members (excludes halogenated alkanes) is 7. The Labute approximate surface area is 245 Å². The van der Waals surface area contributed by atoms with Crippen LogP contribution in [0.4, 0.5) is 5.82 Å². The maximum absolute atomic E-state index is 13.4. The predicted molar refractivity (Wildman–Crippen MR) is 165 cm³/mol. The summed E-state index contributed by atoms with van der Waals surface area (Å²) in [4.78, 5) is 43.9. The van der Waals surface area contributed by atoms with Gasteiger partial charge in [-0.2, -0.15) is 0 Å². The van der Waals surface area contributed by atoms with Gasteiger partial charge >= 0.3 is 5.97 Å². The SMILES string of the molecule is CC(C)OCCCNc1nc2ccccn2c(=O)c1C=C1SC(=S)N(CCCCCCCCCCC(=O)O)C1=O. The van der Waals surface area contributed by atoms with Crippen molar-refractivity contribution in [3.05, 3.63) is 45.2 Å². The second kappa shape index (κ2) is 16.5. The molecule has 0 aliphatic carbocycles. The number of pyridine rings is 1. The van der Waals surface area contributed by atoms with E-state index in [0.29, 0.717) is 46.0 Å². The van der Waals surface area contributed by atoms with E-state index in [-0.39, 0.29) is 24.0 Å². The van der Waals surface area contributed by atoms with Crippen LogP contribution in [0.1, 0.15) is 83.6 Å². The fourth-order valence-electron chi connectivity index (χ4n) is 4.40. The van der Waals surface area contributed by atoms with E-state index in [4.69, 9.17) is 22.1 Å². The number of fused-ring (bicyclic) bond motifs is 1. The highest BCUT2D eigenvalue weighted by molar-refractivity contribution is 8.26. The van der Waals surface area contributed by atoms with Crippen molar-refractivity contribution < 1.29 is 19.4 Å². The lowest BCUT2D eigenvalue weighted by atomic mass is 10.1. The molecule has 2 aromatic rings. The molecule has 40 heavy (non-hydrogen) atoms. The first-order chi connectivity index (χ1) is 19.3. The third-order valence-electron chi connectivity index (χ3n) is 6.51. The first-order valence-corrected chi connectivity index (χ1v) is 15.3. The summed E-state index contributed by atoms with van der Waals surface area (Å²) in [6.07, 6.45) is 12.3. The lowest BCUT2D eigenvalue weighted by molar-refractivity contribution is -0.137. The van der Waals surface area contributed by atoms with Gasteiger partial charge < -0.3 is 15.2 Å². The molecule has 1 saturated heterocycles. The fourth-order valence-corrected chi connectivity index (χ4v) is 5.69. The average molecular weight is 589 g/mol. The lowest BCUT2D eigenvalue weighted by Crippen LogP contribution is -2.29. The monoisotopic (exact) mass is 588 g/mol. The van der Waals surface area contributed by atoms with Crippen LogP contribution in [0.15, 0.2) is 34.1 Å². The van der Waals surface area contributed by atoms with Crippen LogP contribution in [0.2, 0.25) is 0 Å². The number of thioether (sulfide) groups is 1. The number of aromatic nitrogens is 2. The van der Waals surface area contributed by atoms with Crippen molar-refractivity contribution in [2.75, 3.05) is 25.0 Å². The number of carboxylic acid groups (broad SMARTS) is 1. The van der Waals surface area contributed by atoms with E-state index in [1.54, 1.807) is 29.3 Å². The number of carbonyl (C=O) groups excluding carboxylic acids is 1. The summed E-state index contributed by atoms with van der Waals surface area (Å²) in [5.74, 6) is -0.469. The van der Waals surface area contributed by atoms with Crippen molar-refractivity contribution >= 4 is 57.7 Å². The molecule has 0 atom stereocenters. The number of rotatable bonds is 18. The fraction of sp³-hybridized carbons (Fsp3) is 0.552. The highest BCUT2D eigenvalue weighted by atomic mass is 32.2. The van der Waals surface area contributed by atoms with Crippen molar-refractivity contribution in [2.45, 2.75) is 84.2 Å². The van der Waals surface area contributed by atoms with Gasteiger partial charge in [-0.05, 0) is 51.3 Å². The van der Waals surface area contributed by atoms with Gasteiger partial charge in [0.15, 0.2) is 0 Å². The molecule has 2 N–H and O–H groups in total. The Bertz CT molecular complexity index is 1260. The summed E-state index contributed by atoms with van der Waals surface area (Å²) in [7, 11) is 0. The Kier molecular flexibility index (Phi) is 13.1. The number of thiocarbonyl (C=S) groups is 1. The number of hydrogen-bond acceptors (Lipinski definition) is 8. The minimum absolute atomic E-state index is 0.155. The summed E-state index contributed by atoms with van der Waals surface area (Å²) in [5, 5.41) is 12.0. The smallest absolute Gasteiger partial charge is 0.303 e. The van der Waals surface area contributed by atoms with Crippen LogP contribution >= 0.6 is 24.0 Å². The van der Waals surface area contributed by atoms with E-state index in [1.807, 2.05) is 19.9 Å². The molecule has 1 fully saturated rings. The van der Waals surface area contributed by atoms with Crippen molar-refractivity contribution in [3.8, 4) is 0 Å². The van der Waals surface area contributed by atoms with Gasteiger partial charge in [0.05, 0.1) is 16.6 Å². The van der Waals surface area contributed by atoms with Crippen LogP contribution in [0.5, 0.6) is 0 Å². The van der Waals surface area contributed by atoms with E-state index in [1.165, 1.54) is 16.2 Å². The van der Waals surface area contributed by atoms with Gasteiger partial charge in [0.2, 0.25) is 0 Å². The normalized spacial score (nSPS) is 14.7. The third kappa shape index (κ3) is 9.71. The summed E-state index contributed by atoms with van der Waals surface area (Å²) >= 11 is 6.73. The van der Waals surface area contributed by atoms with Crippen LogP contribution in [0.3, 0.4) is 0 Å². The molecule has 3 heterocycles. The Hall–Kier alpha value is -2.76. The molecule has 1 amide bonds. The zero-order valence-corrected chi connectivity index (χ0v) is 25.0. The van der Waals surface area contributed by atoms with E-state index >= 15 is 0 Å². The molecule has 0 radical (unpaired) electrons. The Morgan fingerprint density at radius 3 is 2.50 bits per heavy atom. The van der Waals surface area contributed by atoms with Crippen molar-refractivity contribution in [2.24, 2.45) is 0 Å². The molecule has 0 aromatic carbocycles. The molecule has 0 spiro atoms. The van der Waals surface area contributed by atoms with Gasteiger partial charge in [-0.3, -0.25) is 23.7 Å². The topological polar surface area (TPSA) is 113 Å². The van der Waals surface area contributed by atoms with Gasteiger partial charge in [-0.1, -0.05) is 68.6 Å². The van der Waals surface area contributed by atoms with E-state index in [9.17, 15) is 14.4 Å². The largest absolute Gasteiger partial charge is 0.481 e. The molecule has 1 aliphatic rings. The van der Waals surface area contributed by atoms with E-state index in [0.717, 1.165) is 57.8 Å². The zero-order chi connectivity index (χ0) is 28.9. The number of anilines is 1. The summed E-state index contributed by atoms with van der Waals surface area (Å²) in [6.45, 7) is 5.70. The number of amides is 1. The van der Waals surface area contributed by atoms with Crippen molar-refractivity contribution in [1.82, 2.24) is 14.3 Å². The quantitative estimate of drug-likeness (QED) is 0.128. The maximum Gasteiger partial charge on any atom is 0.303 e. The number of carbonyl (C=O) groups is 2. The first-order valence-electron chi connectivity index (χ1n) is 14.1. The molecule has 0 unspecified atom stereocenters. The summed E-state index contributed by atoms with van der Waals surface area (Å²) < 4.78 is 7.59. The highest BCUT2D eigenvalue weighted by Crippen LogP contribution is 2.33. The first kappa shape index (κ1) is 31.8. The number of ether oxygens (including phenoxy) is 1. The lowest BCUT2D eigenvalue weighted by Gasteiger charge is -2.14. The molecule has 0 saturated carbocycles. The average Bonchev–Trinajstić information content (AvgIpc) is 3.18. The van der Waals surface area contributed by atoms with Crippen molar-refractivity contribution in [3.63, 3.8) is 0 Å². The van der Waals surface area contributed by atoms with Crippen LogP contribution in [-0.4, -0.2) is 61.4 Å². The minimum Gasteiger partial charge on any atom is -0.481 e. The van der Waals surface area contributed by atoms with Crippen LogP contribution < -0.4 is 10.9 Å². The minimum atomic E-state index is -0.730. The standard InChI is InChI=1S/C29H40N4O5S2/c1-21(2)38-19-13-16-30-26-22(27(36)32-17-12-10-14-24(32)31-26)20-23-28(37)33(29(39)40-23)18-11-8-6-4-3-5-7-9-15-25(34)35/h10,12,14,17,20-21,30H,3-9,11,13,15-16,18-19H2,1-2H3,(H,34,35). The predicted octanol–water partition coefficient (Wildman–Crippen LogP) is 5.72.